The summed E-state index contributed by atoms with van der Waals surface area (Å²) in [7, 11) is 0. The molecule has 0 unspecified atom stereocenters. The van der Waals surface area contributed by atoms with Crippen LogP contribution >= 0.6 is 0 Å². The molecule has 0 atom stereocenters. The number of rotatable bonds is 5. The average molecular weight is 317 g/mol. The smallest absolute Gasteiger partial charge is 0.338 e. The van der Waals surface area contributed by atoms with Gasteiger partial charge in [0.1, 0.15) is 5.82 Å². The van der Waals surface area contributed by atoms with Crippen LogP contribution in [0.15, 0.2) is 47.4 Å². The summed E-state index contributed by atoms with van der Waals surface area (Å²) in [5.74, 6) is -1.77. The molecular weight excluding hydrogens is 301 g/mol. The van der Waals surface area contributed by atoms with Crippen LogP contribution in [0, 0.1) is 5.82 Å². The van der Waals surface area contributed by atoms with Crippen molar-refractivity contribution in [3.63, 3.8) is 0 Å². The molecule has 0 aliphatic heterocycles. The monoisotopic (exact) mass is 317 g/mol. The van der Waals surface area contributed by atoms with Crippen molar-refractivity contribution in [2.45, 2.75) is 26.5 Å². The Hall–Kier alpha value is -2.76. The van der Waals surface area contributed by atoms with E-state index in [9.17, 15) is 18.8 Å². The highest BCUT2D eigenvalue weighted by atomic mass is 19.1. The van der Waals surface area contributed by atoms with Crippen LogP contribution in [0.5, 0.6) is 0 Å². The van der Waals surface area contributed by atoms with Crippen molar-refractivity contribution in [1.29, 1.82) is 0 Å². The van der Waals surface area contributed by atoms with E-state index in [0.717, 1.165) is 10.6 Å². The van der Waals surface area contributed by atoms with Gasteiger partial charge in [-0.2, -0.15) is 0 Å². The summed E-state index contributed by atoms with van der Waals surface area (Å²) < 4.78 is 19.7. The zero-order valence-corrected chi connectivity index (χ0v) is 12.8. The number of halogens is 1. The fourth-order valence-electron chi connectivity index (χ4n) is 1.97. The van der Waals surface area contributed by atoms with E-state index >= 15 is 0 Å². The third-order valence-electron chi connectivity index (χ3n) is 3.06. The molecule has 0 fully saturated rings. The molecule has 0 aliphatic rings. The van der Waals surface area contributed by atoms with Crippen LogP contribution in [0.25, 0.3) is 0 Å². The molecule has 120 valence electrons. The van der Waals surface area contributed by atoms with Crippen molar-refractivity contribution >= 4 is 11.8 Å². The number of aromatic nitrogens is 1. The molecular formula is C17H16FNO4. The van der Waals surface area contributed by atoms with Gasteiger partial charge in [-0.1, -0.05) is 12.1 Å². The minimum Gasteiger partial charge on any atom is -0.459 e. The molecule has 0 bridgehead atoms. The van der Waals surface area contributed by atoms with Gasteiger partial charge < -0.3 is 9.30 Å². The Labute approximate surface area is 132 Å². The molecule has 1 heterocycles. The minimum absolute atomic E-state index is 0.0808. The van der Waals surface area contributed by atoms with Gasteiger partial charge >= 0.3 is 5.97 Å². The molecule has 1 aromatic carbocycles. The number of benzene rings is 1. The lowest BCUT2D eigenvalue weighted by atomic mass is 10.1. The number of ether oxygens (including phenoxy) is 1. The summed E-state index contributed by atoms with van der Waals surface area (Å²) in [4.78, 5) is 35.8. The highest BCUT2D eigenvalue weighted by Gasteiger charge is 2.14. The third kappa shape index (κ3) is 4.12. The van der Waals surface area contributed by atoms with Gasteiger partial charge in [-0.25, -0.2) is 9.18 Å². The van der Waals surface area contributed by atoms with Gasteiger partial charge in [0.05, 0.1) is 23.8 Å². The summed E-state index contributed by atoms with van der Waals surface area (Å²) in [6, 6.07) is 8.05. The van der Waals surface area contributed by atoms with Crippen LogP contribution in [0.2, 0.25) is 0 Å². The third-order valence-corrected chi connectivity index (χ3v) is 3.06. The molecule has 2 aromatic rings. The van der Waals surface area contributed by atoms with Crippen LogP contribution in [0.1, 0.15) is 34.6 Å². The number of esters is 1. The number of hydrogen-bond donors (Lipinski definition) is 0. The topological polar surface area (TPSA) is 65.4 Å². The lowest BCUT2D eigenvalue weighted by Gasteiger charge is -2.09. The van der Waals surface area contributed by atoms with Crippen LogP contribution in [0.3, 0.4) is 0 Å². The summed E-state index contributed by atoms with van der Waals surface area (Å²) >= 11 is 0. The molecule has 0 amide bonds. The minimum atomic E-state index is -0.636. The quantitative estimate of drug-likeness (QED) is 0.627. The standard InChI is InChI=1S/C17H16FNO4/c1-11(2)23-17(22)12-7-8-19(16(21)9-12)10-15(20)13-5-3-4-6-14(13)18/h3-9,11H,10H2,1-2H3. The number of Topliss-reactive ketones (excluding diaryl/α,β-unsaturated/α-hetero) is 1. The van der Waals surface area contributed by atoms with Gasteiger partial charge in [-0.15, -0.1) is 0 Å². The maximum atomic E-state index is 13.6. The maximum absolute atomic E-state index is 13.6. The van der Waals surface area contributed by atoms with E-state index in [1.807, 2.05) is 0 Å². The first kappa shape index (κ1) is 16.6. The maximum Gasteiger partial charge on any atom is 0.338 e. The molecule has 2 rings (SSSR count). The summed E-state index contributed by atoms with van der Waals surface area (Å²) in [6.45, 7) is 3.09. The number of nitrogens with zero attached hydrogens (tertiary/aromatic N) is 1. The normalized spacial score (nSPS) is 10.6. The predicted molar refractivity (Wildman–Crippen MR) is 82.0 cm³/mol. The highest BCUT2D eigenvalue weighted by Crippen LogP contribution is 2.08. The Bertz CT molecular complexity index is 795. The van der Waals surface area contributed by atoms with E-state index < -0.39 is 23.1 Å². The number of hydrogen-bond acceptors (Lipinski definition) is 4. The Morgan fingerprint density at radius 3 is 2.52 bits per heavy atom. The van der Waals surface area contributed by atoms with E-state index in [4.69, 9.17) is 4.74 Å². The molecule has 0 saturated carbocycles. The largest absolute Gasteiger partial charge is 0.459 e. The summed E-state index contributed by atoms with van der Waals surface area (Å²) in [6.07, 6.45) is 1.02. The second-order valence-corrected chi connectivity index (χ2v) is 5.24. The zero-order valence-electron chi connectivity index (χ0n) is 12.8. The molecule has 0 radical (unpaired) electrons. The molecule has 23 heavy (non-hydrogen) atoms. The summed E-state index contributed by atoms with van der Waals surface area (Å²) in [5, 5.41) is 0. The fourth-order valence-corrected chi connectivity index (χ4v) is 1.97. The van der Waals surface area contributed by atoms with Crippen molar-refractivity contribution in [3.8, 4) is 0 Å². The van der Waals surface area contributed by atoms with E-state index in [-0.39, 0.29) is 23.8 Å². The number of pyridine rings is 1. The molecule has 1 aromatic heterocycles. The first-order chi connectivity index (χ1) is 10.9. The molecule has 5 nitrogen and oxygen atoms in total. The van der Waals surface area contributed by atoms with E-state index in [0.29, 0.717) is 0 Å². The highest BCUT2D eigenvalue weighted by molar-refractivity contribution is 5.96. The van der Waals surface area contributed by atoms with Crippen LogP contribution in [-0.2, 0) is 11.3 Å². The van der Waals surface area contributed by atoms with E-state index in [1.54, 1.807) is 19.9 Å². The van der Waals surface area contributed by atoms with Crippen molar-refractivity contribution in [1.82, 2.24) is 4.57 Å². The first-order valence-electron chi connectivity index (χ1n) is 7.07. The van der Waals surface area contributed by atoms with Crippen molar-refractivity contribution in [2.75, 3.05) is 0 Å². The molecule has 0 N–H and O–H groups in total. The van der Waals surface area contributed by atoms with Crippen LogP contribution < -0.4 is 5.56 Å². The fraction of sp³-hybridized carbons (Fsp3) is 0.235. The van der Waals surface area contributed by atoms with Crippen molar-refractivity contribution < 1.29 is 18.7 Å². The van der Waals surface area contributed by atoms with E-state index in [2.05, 4.69) is 0 Å². The van der Waals surface area contributed by atoms with Gasteiger partial charge in [-0.05, 0) is 32.0 Å². The lowest BCUT2D eigenvalue weighted by molar-refractivity contribution is 0.0377. The van der Waals surface area contributed by atoms with Gasteiger partial charge in [0.2, 0.25) is 0 Å². The second kappa shape index (κ2) is 7.00. The second-order valence-electron chi connectivity index (χ2n) is 5.24. The number of carbonyl (C=O) groups is 2. The Morgan fingerprint density at radius 1 is 1.22 bits per heavy atom. The predicted octanol–water partition coefficient (Wildman–Crippen LogP) is 2.44. The molecule has 6 heteroatoms. The van der Waals surface area contributed by atoms with Gasteiger partial charge in [-0.3, -0.25) is 9.59 Å². The van der Waals surface area contributed by atoms with Crippen LogP contribution in [-0.4, -0.2) is 22.4 Å². The van der Waals surface area contributed by atoms with Gasteiger partial charge in [0.15, 0.2) is 5.78 Å². The Morgan fingerprint density at radius 2 is 1.91 bits per heavy atom. The average Bonchev–Trinajstić information content (AvgIpc) is 2.48. The van der Waals surface area contributed by atoms with Gasteiger partial charge in [0, 0.05) is 12.3 Å². The first-order valence-corrected chi connectivity index (χ1v) is 7.07. The molecule has 0 saturated heterocycles. The van der Waals surface area contributed by atoms with Crippen molar-refractivity contribution in [2.24, 2.45) is 0 Å². The Balaban J connectivity index is 2.19. The lowest BCUT2D eigenvalue weighted by Crippen LogP contribution is -2.25. The van der Waals surface area contributed by atoms with E-state index in [1.165, 1.54) is 30.5 Å². The molecule has 0 aliphatic carbocycles. The van der Waals surface area contributed by atoms with Gasteiger partial charge in [0.25, 0.3) is 5.56 Å². The van der Waals surface area contributed by atoms with Crippen molar-refractivity contribution in [3.05, 3.63) is 69.9 Å². The molecule has 0 spiro atoms. The number of ketones is 1. The number of carbonyl (C=O) groups excluding carboxylic acids is 2. The summed E-state index contributed by atoms with van der Waals surface area (Å²) in [5.41, 5.74) is -0.506. The Kier molecular flexibility index (Phi) is 5.05. The van der Waals surface area contributed by atoms with Crippen LogP contribution in [0.4, 0.5) is 4.39 Å². The zero-order chi connectivity index (χ0) is 17.0. The SMILES string of the molecule is CC(C)OC(=O)c1ccn(CC(=O)c2ccccc2F)c(=O)c1.